The molecule has 0 amide bonds. The predicted octanol–water partition coefficient (Wildman–Crippen LogP) is 1.94. The first-order valence-corrected chi connectivity index (χ1v) is 4.71. The van der Waals surface area contributed by atoms with Crippen molar-refractivity contribution in [2.75, 3.05) is 7.11 Å². The zero-order valence-corrected chi connectivity index (χ0v) is 8.63. The molecule has 3 heteroatoms. The highest BCUT2D eigenvalue weighted by Gasteiger charge is 2.16. The smallest absolute Gasteiger partial charge is 0.306 e. The van der Waals surface area contributed by atoms with E-state index in [9.17, 15) is 9.59 Å². The van der Waals surface area contributed by atoms with Crippen LogP contribution < -0.4 is 0 Å². The fourth-order valence-electron chi connectivity index (χ4n) is 1.04. The highest BCUT2D eigenvalue weighted by molar-refractivity contribution is 5.84. The minimum absolute atomic E-state index is 0.159. The first kappa shape index (κ1) is 12.1. The third-order valence-electron chi connectivity index (χ3n) is 2.03. The summed E-state index contributed by atoms with van der Waals surface area (Å²) in [4.78, 5) is 22.2. The van der Waals surface area contributed by atoms with E-state index >= 15 is 0 Å². The first-order chi connectivity index (χ1) is 6.11. The maximum absolute atomic E-state index is 11.3. The van der Waals surface area contributed by atoms with Crippen molar-refractivity contribution in [1.29, 1.82) is 0 Å². The van der Waals surface area contributed by atoms with Crippen LogP contribution in [0, 0.1) is 5.92 Å². The molecule has 0 heterocycles. The van der Waals surface area contributed by atoms with Crippen molar-refractivity contribution in [2.45, 2.75) is 39.5 Å². The van der Waals surface area contributed by atoms with E-state index in [1.165, 1.54) is 7.11 Å². The Morgan fingerprint density at radius 3 is 2.46 bits per heavy atom. The van der Waals surface area contributed by atoms with Crippen molar-refractivity contribution in [3.05, 3.63) is 0 Å². The lowest BCUT2D eigenvalue weighted by Gasteiger charge is -2.07. The number of ketones is 1. The minimum Gasteiger partial charge on any atom is -0.469 e. The van der Waals surface area contributed by atoms with Gasteiger partial charge < -0.3 is 4.74 Å². The molecule has 0 aliphatic rings. The van der Waals surface area contributed by atoms with Crippen molar-refractivity contribution in [1.82, 2.24) is 0 Å². The predicted molar refractivity (Wildman–Crippen MR) is 50.3 cm³/mol. The van der Waals surface area contributed by atoms with E-state index in [0.717, 1.165) is 12.8 Å². The Balaban J connectivity index is 3.75. The largest absolute Gasteiger partial charge is 0.469 e. The van der Waals surface area contributed by atoms with Crippen LogP contribution in [0.25, 0.3) is 0 Å². The molecule has 0 aromatic heterocycles. The van der Waals surface area contributed by atoms with Crippen LogP contribution in [0.3, 0.4) is 0 Å². The Hall–Kier alpha value is -0.860. The van der Waals surface area contributed by atoms with Gasteiger partial charge in [0, 0.05) is 12.3 Å². The zero-order valence-electron chi connectivity index (χ0n) is 8.63. The van der Waals surface area contributed by atoms with Gasteiger partial charge in [0.15, 0.2) is 0 Å². The van der Waals surface area contributed by atoms with Crippen LogP contribution in [0.4, 0.5) is 0 Å². The maximum Gasteiger partial charge on any atom is 0.306 e. The fraction of sp³-hybridized carbons (Fsp3) is 0.800. The van der Waals surface area contributed by atoms with Gasteiger partial charge in [0.05, 0.1) is 13.5 Å². The van der Waals surface area contributed by atoms with Crippen molar-refractivity contribution in [3.63, 3.8) is 0 Å². The molecular formula is C10H18O3. The van der Waals surface area contributed by atoms with Crippen molar-refractivity contribution >= 4 is 11.8 Å². The van der Waals surface area contributed by atoms with Crippen LogP contribution in [0.15, 0.2) is 0 Å². The van der Waals surface area contributed by atoms with Crippen LogP contribution in [0.5, 0.6) is 0 Å². The lowest BCUT2D eigenvalue weighted by atomic mass is 9.98. The van der Waals surface area contributed by atoms with E-state index in [4.69, 9.17) is 0 Å². The number of carbonyl (C=O) groups excluding carboxylic acids is 2. The van der Waals surface area contributed by atoms with Crippen LogP contribution in [0.2, 0.25) is 0 Å². The molecule has 13 heavy (non-hydrogen) atoms. The molecule has 0 saturated carbocycles. The van der Waals surface area contributed by atoms with E-state index in [2.05, 4.69) is 4.74 Å². The molecule has 1 atom stereocenters. The van der Waals surface area contributed by atoms with E-state index in [0.29, 0.717) is 6.42 Å². The quantitative estimate of drug-likeness (QED) is 0.595. The van der Waals surface area contributed by atoms with E-state index in [1.807, 2.05) is 6.92 Å². The summed E-state index contributed by atoms with van der Waals surface area (Å²) in [6.07, 6.45) is 2.70. The molecule has 0 aliphatic carbocycles. The summed E-state index contributed by atoms with van der Waals surface area (Å²) < 4.78 is 4.48. The van der Waals surface area contributed by atoms with Gasteiger partial charge in [0.1, 0.15) is 5.78 Å². The van der Waals surface area contributed by atoms with Crippen LogP contribution >= 0.6 is 0 Å². The van der Waals surface area contributed by atoms with E-state index < -0.39 is 0 Å². The van der Waals surface area contributed by atoms with Gasteiger partial charge in [-0.1, -0.05) is 20.3 Å². The monoisotopic (exact) mass is 186 g/mol. The van der Waals surface area contributed by atoms with Crippen molar-refractivity contribution in [2.24, 2.45) is 5.92 Å². The Kier molecular flexibility index (Phi) is 6.20. The molecule has 0 bridgehead atoms. The van der Waals surface area contributed by atoms with Gasteiger partial charge in [-0.25, -0.2) is 0 Å². The molecule has 1 unspecified atom stereocenters. The van der Waals surface area contributed by atoms with E-state index in [-0.39, 0.29) is 24.1 Å². The summed E-state index contributed by atoms with van der Waals surface area (Å²) in [6, 6.07) is 0. The first-order valence-electron chi connectivity index (χ1n) is 4.71. The highest BCUT2D eigenvalue weighted by Crippen LogP contribution is 2.09. The maximum atomic E-state index is 11.3. The topological polar surface area (TPSA) is 43.4 Å². The third kappa shape index (κ3) is 5.39. The Morgan fingerprint density at radius 1 is 1.38 bits per heavy atom. The summed E-state index contributed by atoms with van der Waals surface area (Å²) in [5, 5.41) is 0. The summed E-state index contributed by atoms with van der Waals surface area (Å²) in [6.45, 7) is 3.81. The van der Waals surface area contributed by atoms with Crippen LogP contribution in [-0.2, 0) is 14.3 Å². The third-order valence-corrected chi connectivity index (χ3v) is 2.03. The van der Waals surface area contributed by atoms with Crippen molar-refractivity contribution < 1.29 is 14.3 Å². The molecule has 0 radical (unpaired) electrons. The number of methoxy groups -OCH3 is 1. The van der Waals surface area contributed by atoms with Gasteiger partial charge in [-0.15, -0.1) is 0 Å². The molecular weight excluding hydrogens is 168 g/mol. The Labute approximate surface area is 79.5 Å². The average Bonchev–Trinajstić information content (AvgIpc) is 2.13. The second-order valence-corrected chi connectivity index (χ2v) is 3.25. The lowest BCUT2D eigenvalue weighted by molar-refractivity contribution is -0.143. The van der Waals surface area contributed by atoms with Gasteiger partial charge in [0.25, 0.3) is 0 Å². The summed E-state index contributed by atoms with van der Waals surface area (Å²) in [7, 11) is 1.34. The zero-order chi connectivity index (χ0) is 10.3. The number of unbranched alkanes of at least 4 members (excludes halogenated alkanes) is 1. The SMILES string of the molecule is CCCCC(=O)C(C)CC(=O)OC. The standard InChI is InChI=1S/C10H18O3/c1-4-5-6-9(11)8(2)7-10(12)13-3/h8H,4-7H2,1-3H3. The normalized spacial score (nSPS) is 12.2. The molecule has 0 N–H and O–H groups in total. The summed E-state index contributed by atoms with van der Waals surface area (Å²) in [5.41, 5.74) is 0. The van der Waals surface area contributed by atoms with Crippen LogP contribution in [0.1, 0.15) is 39.5 Å². The highest BCUT2D eigenvalue weighted by atomic mass is 16.5. The number of carbonyl (C=O) groups is 2. The van der Waals surface area contributed by atoms with Gasteiger partial charge in [-0.2, -0.15) is 0 Å². The number of Topliss-reactive ketones (excluding diaryl/α,β-unsaturated/α-hetero) is 1. The molecule has 0 rings (SSSR count). The second-order valence-electron chi connectivity index (χ2n) is 3.25. The van der Waals surface area contributed by atoms with E-state index in [1.54, 1.807) is 6.92 Å². The van der Waals surface area contributed by atoms with Gasteiger partial charge in [-0.05, 0) is 6.42 Å². The molecule has 0 saturated heterocycles. The lowest BCUT2D eigenvalue weighted by Crippen LogP contribution is -2.16. The summed E-state index contributed by atoms with van der Waals surface area (Å²) >= 11 is 0. The van der Waals surface area contributed by atoms with Gasteiger partial charge >= 0.3 is 5.97 Å². The second kappa shape index (κ2) is 6.63. The van der Waals surface area contributed by atoms with Gasteiger partial charge in [0.2, 0.25) is 0 Å². The number of hydrogen-bond acceptors (Lipinski definition) is 3. The Morgan fingerprint density at radius 2 is 2.00 bits per heavy atom. The molecule has 0 fully saturated rings. The molecule has 0 spiro atoms. The summed E-state index contributed by atoms with van der Waals surface area (Å²) in [5.74, 6) is -0.344. The minimum atomic E-state index is -0.308. The number of rotatable bonds is 6. The average molecular weight is 186 g/mol. The number of ether oxygens (including phenoxy) is 1. The molecule has 0 aromatic rings. The van der Waals surface area contributed by atoms with Crippen LogP contribution in [-0.4, -0.2) is 18.9 Å². The molecule has 0 aliphatic heterocycles. The Bertz CT molecular complexity index is 175. The molecule has 3 nitrogen and oxygen atoms in total. The molecule has 0 aromatic carbocycles. The molecule has 76 valence electrons. The van der Waals surface area contributed by atoms with Gasteiger partial charge in [-0.3, -0.25) is 9.59 Å². The number of hydrogen-bond donors (Lipinski definition) is 0. The fourth-order valence-corrected chi connectivity index (χ4v) is 1.04. The van der Waals surface area contributed by atoms with Crippen molar-refractivity contribution in [3.8, 4) is 0 Å². The number of esters is 1.